The van der Waals surface area contributed by atoms with Crippen molar-refractivity contribution < 1.29 is 14.3 Å². The lowest BCUT2D eigenvalue weighted by atomic mass is 10.2. The number of nitrogens with zero attached hydrogens (tertiary/aromatic N) is 2. The Kier molecular flexibility index (Phi) is 6.56. The maximum atomic E-state index is 12.1. The van der Waals surface area contributed by atoms with E-state index in [4.69, 9.17) is 16.3 Å². The number of alkyl carbamates (subject to hydrolysis) is 1. The topological polar surface area (TPSA) is 105 Å². The molecule has 128 valence electrons. The molecule has 0 radical (unpaired) electrons. The van der Waals surface area contributed by atoms with Crippen molar-refractivity contribution >= 4 is 35.1 Å². The summed E-state index contributed by atoms with van der Waals surface area (Å²) < 4.78 is 5.10. The zero-order chi connectivity index (χ0) is 17.6. The third-order valence-corrected chi connectivity index (χ3v) is 2.68. The summed E-state index contributed by atoms with van der Waals surface area (Å²) in [6.07, 6.45) is -0.672. The number of nitrogens with one attached hydrogen (secondary N) is 3. The Morgan fingerprint density at radius 2 is 2.00 bits per heavy atom. The monoisotopic (exact) mass is 343 g/mol. The first-order valence-corrected chi connectivity index (χ1v) is 7.57. The molecular weight excluding hydrogens is 322 g/mol. The fourth-order valence-corrected chi connectivity index (χ4v) is 1.71. The highest BCUT2D eigenvalue weighted by molar-refractivity contribution is 6.29. The molecule has 2 amide bonds. The van der Waals surface area contributed by atoms with Gasteiger partial charge in [0, 0.05) is 12.6 Å². The Labute approximate surface area is 140 Å². The van der Waals surface area contributed by atoms with Gasteiger partial charge >= 0.3 is 6.09 Å². The van der Waals surface area contributed by atoms with E-state index in [1.807, 2.05) is 6.92 Å². The van der Waals surface area contributed by atoms with Crippen LogP contribution in [0.1, 0.15) is 34.6 Å². The molecule has 1 heterocycles. The van der Waals surface area contributed by atoms with Crippen molar-refractivity contribution in [2.45, 2.75) is 46.3 Å². The van der Waals surface area contributed by atoms with Crippen molar-refractivity contribution in [3.8, 4) is 0 Å². The molecule has 3 N–H and O–H groups in total. The average Bonchev–Trinajstić information content (AvgIpc) is 2.39. The van der Waals surface area contributed by atoms with Crippen molar-refractivity contribution in [1.29, 1.82) is 0 Å². The molecule has 0 fully saturated rings. The van der Waals surface area contributed by atoms with Gasteiger partial charge in [-0.15, -0.1) is 10.2 Å². The smallest absolute Gasteiger partial charge is 0.408 e. The molecule has 0 aliphatic rings. The number of hydrogen-bond donors (Lipinski definition) is 3. The van der Waals surface area contributed by atoms with E-state index >= 15 is 0 Å². The molecule has 0 saturated carbocycles. The Hall–Kier alpha value is -2.09. The van der Waals surface area contributed by atoms with Crippen LogP contribution in [-0.2, 0) is 9.53 Å². The van der Waals surface area contributed by atoms with Crippen LogP contribution in [0.3, 0.4) is 0 Å². The molecule has 23 heavy (non-hydrogen) atoms. The molecule has 1 atom stereocenters. The lowest BCUT2D eigenvalue weighted by molar-refractivity contribution is -0.117. The van der Waals surface area contributed by atoms with Gasteiger partial charge in [-0.25, -0.2) is 4.79 Å². The molecule has 1 aromatic rings. The van der Waals surface area contributed by atoms with Crippen molar-refractivity contribution in [2.24, 2.45) is 0 Å². The third-order valence-electron chi connectivity index (χ3n) is 2.50. The van der Waals surface area contributed by atoms with Crippen LogP contribution in [0.2, 0.25) is 5.15 Å². The van der Waals surface area contributed by atoms with Gasteiger partial charge in [-0.2, -0.15) is 0 Å². The lowest BCUT2D eigenvalue weighted by Gasteiger charge is -2.21. The molecule has 0 aliphatic carbocycles. The second-order valence-electron chi connectivity index (χ2n) is 5.82. The number of aromatic nitrogens is 2. The predicted octanol–water partition coefficient (Wildman–Crippen LogP) is 2.41. The normalized spacial score (nSPS) is 12.3. The molecule has 1 rings (SSSR count). The number of anilines is 2. The van der Waals surface area contributed by atoms with Crippen LogP contribution in [-0.4, -0.2) is 40.4 Å². The summed E-state index contributed by atoms with van der Waals surface area (Å²) >= 11 is 5.78. The highest BCUT2D eigenvalue weighted by atomic mass is 35.5. The van der Waals surface area contributed by atoms with Gasteiger partial charge in [0.05, 0.1) is 5.69 Å². The number of amides is 2. The van der Waals surface area contributed by atoms with Gasteiger partial charge in [0.1, 0.15) is 11.6 Å². The summed E-state index contributed by atoms with van der Waals surface area (Å²) in [7, 11) is 0. The van der Waals surface area contributed by atoms with Crippen molar-refractivity contribution in [3.05, 3.63) is 11.2 Å². The van der Waals surface area contributed by atoms with E-state index in [-0.39, 0.29) is 11.0 Å². The second-order valence-corrected chi connectivity index (χ2v) is 6.20. The SMILES string of the molecule is CCNc1cc(Cl)nnc1NC(=O)[C@@H](C)NC(=O)OC(C)(C)C. The Morgan fingerprint density at radius 3 is 2.57 bits per heavy atom. The van der Waals surface area contributed by atoms with E-state index < -0.39 is 23.6 Å². The van der Waals surface area contributed by atoms with E-state index in [9.17, 15) is 9.59 Å². The first-order valence-electron chi connectivity index (χ1n) is 7.20. The average molecular weight is 344 g/mol. The molecule has 8 nitrogen and oxygen atoms in total. The van der Waals surface area contributed by atoms with E-state index in [1.165, 1.54) is 6.92 Å². The fraction of sp³-hybridized carbons (Fsp3) is 0.571. The van der Waals surface area contributed by atoms with Gasteiger partial charge in [-0.3, -0.25) is 4.79 Å². The maximum Gasteiger partial charge on any atom is 0.408 e. The molecule has 1 aromatic heterocycles. The summed E-state index contributed by atoms with van der Waals surface area (Å²) in [5.41, 5.74) is -0.0921. The molecule has 0 aliphatic heterocycles. The number of carbonyl (C=O) groups excluding carboxylic acids is 2. The minimum absolute atomic E-state index is 0.207. The van der Waals surface area contributed by atoms with E-state index in [2.05, 4.69) is 26.1 Å². The zero-order valence-corrected chi connectivity index (χ0v) is 14.6. The zero-order valence-electron chi connectivity index (χ0n) is 13.9. The van der Waals surface area contributed by atoms with E-state index in [0.717, 1.165) is 0 Å². The van der Waals surface area contributed by atoms with Crippen LogP contribution in [0.4, 0.5) is 16.3 Å². The number of rotatable bonds is 5. The number of hydrogen-bond acceptors (Lipinski definition) is 6. The summed E-state index contributed by atoms with van der Waals surface area (Å²) in [4.78, 5) is 23.8. The van der Waals surface area contributed by atoms with Gasteiger partial charge in [0.2, 0.25) is 5.91 Å². The number of carbonyl (C=O) groups is 2. The Bertz CT molecular complexity index is 574. The van der Waals surface area contributed by atoms with Crippen LogP contribution in [0.15, 0.2) is 6.07 Å². The summed E-state index contributed by atoms with van der Waals surface area (Å²) in [6.45, 7) is 9.27. The molecule has 0 aromatic carbocycles. The minimum Gasteiger partial charge on any atom is -0.444 e. The second kappa shape index (κ2) is 7.96. The van der Waals surface area contributed by atoms with Gasteiger partial charge in [-0.1, -0.05) is 11.6 Å². The molecule has 0 saturated heterocycles. The largest absolute Gasteiger partial charge is 0.444 e. The highest BCUT2D eigenvalue weighted by Gasteiger charge is 2.22. The van der Waals surface area contributed by atoms with Crippen molar-refractivity contribution in [2.75, 3.05) is 17.2 Å². The van der Waals surface area contributed by atoms with Crippen LogP contribution < -0.4 is 16.0 Å². The van der Waals surface area contributed by atoms with Crippen LogP contribution >= 0.6 is 11.6 Å². The van der Waals surface area contributed by atoms with Crippen molar-refractivity contribution in [3.63, 3.8) is 0 Å². The maximum absolute atomic E-state index is 12.1. The number of halogens is 1. The Balaban J connectivity index is 2.70. The van der Waals surface area contributed by atoms with Gasteiger partial charge in [0.25, 0.3) is 0 Å². The molecule has 0 bridgehead atoms. The van der Waals surface area contributed by atoms with Crippen LogP contribution in [0, 0.1) is 0 Å². The third kappa shape index (κ3) is 6.68. The molecule has 9 heteroatoms. The molecule has 0 unspecified atom stereocenters. The highest BCUT2D eigenvalue weighted by Crippen LogP contribution is 2.21. The van der Waals surface area contributed by atoms with Gasteiger partial charge in [-0.05, 0) is 34.6 Å². The van der Waals surface area contributed by atoms with Gasteiger partial charge in [0.15, 0.2) is 11.0 Å². The summed E-state index contributed by atoms with van der Waals surface area (Å²) in [6, 6.07) is 0.747. The Morgan fingerprint density at radius 1 is 1.35 bits per heavy atom. The quantitative estimate of drug-likeness (QED) is 0.758. The molecule has 0 spiro atoms. The lowest BCUT2D eigenvalue weighted by Crippen LogP contribution is -2.44. The fourth-order valence-electron chi connectivity index (χ4n) is 1.56. The summed E-state index contributed by atoms with van der Waals surface area (Å²) in [5.74, 6) is -0.217. The van der Waals surface area contributed by atoms with Crippen LogP contribution in [0.5, 0.6) is 0 Å². The predicted molar refractivity (Wildman–Crippen MR) is 88.7 cm³/mol. The molecular formula is C14H22ClN5O3. The first-order chi connectivity index (χ1) is 10.6. The summed E-state index contributed by atoms with van der Waals surface area (Å²) in [5, 5.41) is 15.8. The van der Waals surface area contributed by atoms with Crippen molar-refractivity contribution in [1.82, 2.24) is 15.5 Å². The number of ether oxygens (including phenoxy) is 1. The van der Waals surface area contributed by atoms with Crippen LogP contribution in [0.25, 0.3) is 0 Å². The van der Waals surface area contributed by atoms with Gasteiger partial charge < -0.3 is 20.7 Å². The van der Waals surface area contributed by atoms with E-state index in [0.29, 0.717) is 12.2 Å². The first kappa shape index (κ1) is 19.0. The van der Waals surface area contributed by atoms with E-state index in [1.54, 1.807) is 26.8 Å². The minimum atomic E-state index is -0.809. The standard InChI is InChI=1S/C14H22ClN5O3/c1-6-16-9-7-10(15)19-20-11(9)18-12(21)8(2)17-13(22)23-14(3,4)5/h7-8H,6H2,1-5H3,(H,16,19)(H,17,22)(H,18,20,21)/t8-/m1/s1.